The number of carbonyl (C=O) groups excluding carboxylic acids is 1. The van der Waals surface area contributed by atoms with Gasteiger partial charge in [0, 0.05) is 5.54 Å². The van der Waals surface area contributed by atoms with Crippen LogP contribution in [0.4, 0.5) is 0 Å². The summed E-state index contributed by atoms with van der Waals surface area (Å²) in [6.07, 6.45) is 9.02. The number of ether oxygens (including phenoxy) is 1. The molecule has 6 rings (SSSR count). The lowest BCUT2D eigenvalue weighted by Gasteiger charge is -2.60. The van der Waals surface area contributed by atoms with E-state index in [9.17, 15) is 4.79 Å². The molecule has 5 heteroatoms. The molecule has 1 aromatic heterocycles. The summed E-state index contributed by atoms with van der Waals surface area (Å²) in [5.41, 5.74) is 0.531. The van der Waals surface area contributed by atoms with E-state index in [4.69, 9.17) is 14.4 Å². The van der Waals surface area contributed by atoms with E-state index >= 15 is 0 Å². The van der Waals surface area contributed by atoms with Gasteiger partial charge in [-0.05, 0) is 92.7 Å². The van der Waals surface area contributed by atoms with Crippen LogP contribution in [0.2, 0.25) is 0 Å². The zero-order valence-corrected chi connectivity index (χ0v) is 16.5. The fraction of sp³-hybridized carbons (Fsp3) is 0.500. The third-order valence-electron chi connectivity index (χ3n) is 7.12. The molecule has 0 atom stereocenters. The Balaban J connectivity index is 1.35. The van der Waals surface area contributed by atoms with E-state index in [1.54, 1.807) is 30.5 Å². The van der Waals surface area contributed by atoms with Gasteiger partial charge < -0.3 is 14.1 Å². The number of hydrogen-bond donors (Lipinski definition) is 0. The summed E-state index contributed by atoms with van der Waals surface area (Å²) in [4.78, 5) is 15.5. The molecule has 0 unspecified atom stereocenters. The summed E-state index contributed by atoms with van der Waals surface area (Å²) in [5, 5.41) is 8.93. The van der Waals surface area contributed by atoms with E-state index in [-0.39, 0.29) is 18.1 Å². The first-order valence-electron chi connectivity index (χ1n) is 10.6. The monoisotopic (exact) mass is 390 g/mol. The molecular weight excluding hydrogens is 364 g/mol. The van der Waals surface area contributed by atoms with Crippen LogP contribution in [0.1, 0.15) is 49.8 Å². The number of nitrogens with zero attached hydrogens (tertiary/aromatic N) is 2. The molecule has 4 aliphatic rings. The second kappa shape index (κ2) is 7.26. The molecule has 0 aliphatic heterocycles. The van der Waals surface area contributed by atoms with Crippen LogP contribution < -0.4 is 4.74 Å². The highest BCUT2D eigenvalue weighted by atomic mass is 16.5. The molecule has 29 heavy (non-hydrogen) atoms. The molecule has 0 radical (unpaired) electrons. The lowest BCUT2D eigenvalue weighted by molar-refractivity contribution is -0.155. The predicted octanol–water partition coefficient (Wildman–Crippen LogP) is 4.53. The fourth-order valence-electron chi connectivity index (χ4n) is 6.32. The van der Waals surface area contributed by atoms with E-state index < -0.39 is 0 Å². The average molecular weight is 390 g/mol. The van der Waals surface area contributed by atoms with E-state index in [0.717, 1.165) is 42.8 Å². The number of benzene rings is 1. The van der Waals surface area contributed by atoms with Crippen LogP contribution in [0, 0.1) is 29.1 Å². The van der Waals surface area contributed by atoms with E-state index in [1.807, 2.05) is 12.1 Å². The quantitative estimate of drug-likeness (QED) is 0.727. The van der Waals surface area contributed by atoms with Gasteiger partial charge in [-0.3, -0.25) is 4.79 Å². The molecule has 4 fully saturated rings. The SMILES string of the molecule is N#Cc1ccc(OCC(=O)N(Cc2ccco2)C23CC4CC(CC(C4)C2)C3)cc1. The van der Waals surface area contributed by atoms with Gasteiger partial charge in [0.05, 0.1) is 24.4 Å². The van der Waals surface area contributed by atoms with E-state index in [2.05, 4.69) is 11.0 Å². The van der Waals surface area contributed by atoms with Crippen molar-refractivity contribution in [3.63, 3.8) is 0 Å². The molecule has 1 aromatic carbocycles. The summed E-state index contributed by atoms with van der Waals surface area (Å²) in [6.45, 7) is 0.517. The van der Waals surface area contributed by atoms with Gasteiger partial charge in [-0.15, -0.1) is 0 Å². The van der Waals surface area contributed by atoms with Crippen molar-refractivity contribution in [3.8, 4) is 11.8 Å². The van der Waals surface area contributed by atoms with Gasteiger partial charge in [-0.25, -0.2) is 0 Å². The maximum atomic E-state index is 13.4. The molecule has 4 saturated carbocycles. The zero-order valence-electron chi connectivity index (χ0n) is 16.5. The average Bonchev–Trinajstić information content (AvgIpc) is 3.23. The van der Waals surface area contributed by atoms with Crippen molar-refractivity contribution in [2.45, 2.75) is 50.6 Å². The van der Waals surface area contributed by atoms with Crippen molar-refractivity contribution in [2.75, 3.05) is 6.61 Å². The molecule has 150 valence electrons. The zero-order chi connectivity index (χ0) is 19.8. The molecule has 0 saturated heterocycles. The van der Waals surface area contributed by atoms with Gasteiger partial charge in [-0.1, -0.05) is 0 Å². The second-order valence-electron chi connectivity index (χ2n) is 9.13. The number of amides is 1. The van der Waals surface area contributed by atoms with Crippen molar-refractivity contribution in [1.82, 2.24) is 4.90 Å². The summed E-state index contributed by atoms with van der Waals surface area (Å²) in [5.74, 6) is 3.73. The Morgan fingerprint density at radius 1 is 1.10 bits per heavy atom. The Labute approximate surface area is 171 Å². The second-order valence-corrected chi connectivity index (χ2v) is 9.13. The molecule has 0 spiro atoms. The molecular formula is C24H26N2O3. The predicted molar refractivity (Wildman–Crippen MR) is 107 cm³/mol. The lowest BCUT2D eigenvalue weighted by Crippen LogP contribution is -2.61. The van der Waals surface area contributed by atoms with Crippen molar-refractivity contribution in [2.24, 2.45) is 17.8 Å². The van der Waals surface area contributed by atoms with Crippen LogP contribution in [-0.4, -0.2) is 23.0 Å². The fourth-order valence-corrected chi connectivity index (χ4v) is 6.32. The first-order valence-corrected chi connectivity index (χ1v) is 10.6. The van der Waals surface area contributed by atoms with Gasteiger partial charge in [0.1, 0.15) is 11.5 Å². The number of nitriles is 1. The number of carbonyl (C=O) groups is 1. The summed E-state index contributed by atoms with van der Waals surface area (Å²) >= 11 is 0. The topological polar surface area (TPSA) is 66.5 Å². The van der Waals surface area contributed by atoms with Gasteiger partial charge in [0.2, 0.25) is 0 Å². The Morgan fingerprint density at radius 2 is 1.76 bits per heavy atom. The van der Waals surface area contributed by atoms with Gasteiger partial charge in [-0.2, -0.15) is 5.26 Å². The van der Waals surface area contributed by atoms with Crippen LogP contribution in [0.3, 0.4) is 0 Å². The highest BCUT2D eigenvalue weighted by molar-refractivity contribution is 5.78. The van der Waals surface area contributed by atoms with Gasteiger partial charge >= 0.3 is 0 Å². The largest absolute Gasteiger partial charge is 0.484 e. The normalized spacial score (nSPS) is 29.4. The van der Waals surface area contributed by atoms with Crippen LogP contribution in [-0.2, 0) is 11.3 Å². The van der Waals surface area contributed by atoms with Crippen molar-refractivity contribution >= 4 is 5.91 Å². The maximum Gasteiger partial charge on any atom is 0.261 e. The number of furan rings is 1. The lowest BCUT2D eigenvalue weighted by atomic mass is 9.52. The molecule has 2 aromatic rings. The number of hydrogen-bond acceptors (Lipinski definition) is 4. The third-order valence-corrected chi connectivity index (χ3v) is 7.12. The molecule has 0 N–H and O–H groups in total. The number of rotatable bonds is 6. The standard InChI is InChI=1S/C24H26N2O3/c25-14-17-3-5-21(6-4-17)29-16-23(27)26(15-22-2-1-7-28-22)24-11-18-8-19(12-24)10-20(9-18)13-24/h1-7,18-20H,8-13,15-16H2. The summed E-state index contributed by atoms with van der Waals surface area (Å²) in [7, 11) is 0. The van der Waals surface area contributed by atoms with Gasteiger partial charge in [0.25, 0.3) is 5.91 Å². The Morgan fingerprint density at radius 3 is 2.31 bits per heavy atom. The van der Waals surface area contributed by atoms with Crippen LogP contribution in [0.5, 0.6) is 5.75 Å². The minimum absolute atomic E-state index is 0.00829. The molecule has 4 bridgehead atoms. The first kappa shape index (κ1) is 18.3. The minimum Gasteiger partial charge on any atom is -0.484 e. The third kappa shape index (κ3) is 3.53. The van der Waals surface area contributed by atoms with Gasteiger partial charge in [0.15, 0.2) is 6.61 Å². The van der Waals surface area contributed by atoms with Crippen LogP contribution in [0.15, 0.2) is 47.1 Å². The first-order chi connectivity index (χ1) is 14.1. The van der Waals surface area contributed by atoms with E-state index in [1.165, 1.54) is 19.3 Å². The molecule has 1 heterocycles. The maximum absolute atomic E-state index is 13.4. The van der Waals surface area contributed by atoms with Crippen molar-refractivity contribution in [3.05, 3.63) is 54.0 Å². The summed E-state index contributed by atoms with van der Waals surface area (Å²) < 4.78 is 11.4. The molecule has 5 nitrogen and oxygen atoms in total. The Hall–Kier alpha value is -2.74. The van der Waals surface area contributed by atoms with Crippen LogP contribution in [0.25, 0.3) is 0 Å². The highest BCUT2D eigenvalue weighted by Gasteiger charge is 2.54. The Bertz CT molecular complexity index is 875. The van der Waals surface area contributed by atoms with Crippen LogP contribution >= 0.6 is 0 Å². The summed E-state index contributed by atoms with van der Waals surface area (Å²) in [6, 6.07) is 12.8. The molecule has 1 amide bonds. The highest BCUT2D eigenvalue weighted by Crippen LogP contribution is 2.58. The van der Waals surface area contributed by atoms with E-state index in [0.29, 0.717) is 17.9 Å². The minimum atomic E-state index is -0.0490. The Kier molecular flexibility index (Phi) is 4.58. The van der Waals surface area contributed by atoms with Crippen molar-refractivity contribution < 1.29 is 13.9 Å². The smallest absolute Gasteiger partial charge is 0.261 e. The van der Waals surface area contributed by atoms with Crippen molar-refractivity contribution in [1.29, 1.82) is 5.26 Å². The molecule has 4 aliphatic carbocycles.